The third kappa shape index (κ3) is 4.31. The van der Waals surface area contributed by atoms with Gasteiger partial charge in [0.05, 0.1) is 18.8 Å². The molecule has 3 rings (SSSR count). The molecule has 0 saturated carbocycles. The zero-order chi connectivity index (χ0) is 19.7. The quantitative estimate of drug-likeness (QED) is 0.846. The molecular formula is C16H15F3N2O5S. The van der Waals surface area contributed by atoms with Crippen LogP contribution < -0.4 is 5.32 Å². The number of benzene rings is 1. The summed E-state index contributed by atoms with van der Waals surface area (Å²) < 4.78 is 74.0. The van der Waals surface area contributed by atoms with Gasteiger partial charge in [-0.3, -0.25) is 4.79 Å². The van der Waals surface area contributed by atoms with Gasteiger partial charge in [-0.1, -0.05) is 0 Å². The molecule has 1 fully saturated rings. The number of anilines is 1. The third-order valence-corrected chi connectivity index (χ3v) is 5.61. The topological polar surface area (TPSA) is 88.9 Å². The fourth-order valence-corrected chi connectivity index (χ4v) is 3.75. The number of morpholine rings is 1. The molecule has 1 aliphatic heterocycles. The van der Waals surface area contributed by atoms with E-state index in [1.807, 2.05) is 0 Å². The first-order valence-electron chi connectivity index (χ1n) is 7.84. The van der Waals surface area contributed by atoms with Crippen molar-refractivity contribution in [3.63, 3.8) is 0 Å². The highest BCUT2D eigenvalue weighted by Crippen LogP contribution is 2.30. The van der Waals surface area contributed by atoms with E-state index >= 15 is 0 Å². The van der Waals surface area contributed by atoms with Crippen molar-refractivity contribution in [3.05, 3.63) is 47.7 Å². The van der Waals surface area contributed by atoms with Crippen LogP contribution in [0.1, 0.15) is 16.1 Å². The van der Waals surface area contributed by atoms with Crippen molar-refractivity contribution in [2.75, 3.05) is 31.6 Å². The van der Waals surface area contributed by atoms with Crippen molar-refractivity contribution < 1.29 is 35.5 Å². The number of halogens is 3. The van der Waals surface area contributed by atoms with Crippen molar-refractivity contribution in [3.8, 4) is 0 Å². The van der Waals surface area contributed by atoms with Gasteiger partial charge < -0.3 is 14.5 Å². The number of carbonyl (C=O) groups is 1. The summed E-state index contributed by atoms with van der Waals surface area (Å²) in [7, 11) is -3.89. The molecule has 0 aliphatic carbocycles. The summed E-state index contributed by atoms with van der Waals surface area (Å²) in [6.45, 7) is 0.884. The van der Waals surface area contributed by atoms with Crippen LogP contribution in [0.4, 0.5) is 18.9 Å². The lowest BCUT2D eigenvalue weighted by Gasteiger charge is -2.24. The molecule has 146 valence electrons. The number of nitrogens with one attached hydrogen (secondary N) is 1. The summed E-state index contributed by atoms with van der Waals surface area (Å²) in [4.78, 5) is 12.2. The number of furan rings is 1. The summed E-state index contributed by atoms with van der Waals surface area (Å²) in [6.07, 6.45) is -4.48. The van der Waals surface area contributed by atoms with Gasteiger partial charge in [-0.15, -0.1) is 0 Å². The van der Waals surface area contributed by atoms with Gasteiger partial charge in [-0.05, 0) is 36.4 Å². The Morgan fingerprint density at radius 1 is 1.04 bits per heavy atom. The fourth-order valence-electron chi connectivity index (χ4n) is 2.43. The molecule has 27 heavy (non-hydrogen) atoms. The van der Waals surface area contributed by atoms with Crippen LogP contribution in [0.2, 0.25) is 0 Å². The minimum atomic E-state index is -4.48. The number of hydrogen-bond donors (Lipinski definition) is 1. The molecule has 2 heterocycles. The second kappa shape index (κ2) is 7.33. The highest BCUT2D eigenvalue weighted by Gasteiger charge is 2.31. The standard InChI is InChI=1S/C16H15F3N2O5S/c17-16(18,19)11-1-3-12(4-2-11)20-15(22)13-5-6-14(26-13)27(23,24)21-7-9-25-10-8-21/h1-6H,7-10H2,(H,20,22). The maximum absolute atomic E-state index is 12.5. The Balaban J connectivity index is 1.71. The first-order valence-corrected chi connectivity index (χ1v) is 9.28. The zero-order valence-electron chi connectivity index (χ0n) is 13.8. The van der Waals surface area contributed by atoms with Crippen LogP contribution >= 0.6 is 0 Å². The van der Waals surface area contributed by atoms with Crippen LogP contribution in [-0.2, 0) is 20.9 Å². The molecular weight excluding hydrogens is 389 g/mol. The number of nitrogens with zero attached hydrogens (tertiary/aromatic N) is 1. The maximum Gasteiger partial charge on any atom is 0.416 e. The van der Waals surface area contributed by atoms with Crippen molar-refractivity contribution in [2.24, 2.45) is 0 Å². The molecule has 1 aromatic carbocycles. The molecule has 1 amide bonds. The molecule has 1 saturated heterocycles. The van der Waals surface area contributed by atoms with Crippen LogP contribution in [0.5, 0.6) is 0 Å². The number of amides is 1. The second-order valence-corrected chi connectivity index (χ2v) is 7.53. The Bertz CT molecular complexity index is 916. The Labute approximate surface area is 152 Å². The smallest absolute Gasteiger partial charge is 0.416 e. The average Bonchev–Trinajstić information content (AvgIpc) is 3.13. The van der Waals surface area contributed by atoms with Gasteiger partial charge in [0, 0.05) is 18.8 Å². The molecule has 1 aliphatic rings. The Kier molecular flexibility index (Phi) is 5.27. The Morgan fingerprint density at radius 3 is 2.26 bits per heavy atom. The van der Waals surface area contributed by atoms with Crippen LogP contribution in [0, 0.1) is 0 Å². The number of alkyl halides is 3. The van der Waals surface area contributed by atoms with E-state index in [9.17, 15) is 26.4 Å². The van der Waals surface area contributed by atoms with Crippen LogP contribution in [0.3, 0.4) is 0 Å². The molecule has 0 radical (unpaired) electrons. The first kappa shape index (κ1) is 19.4. The Hall–Kier alpha value is -2.37. The van der Waals surface area contributed by atoms with Gasteiger partial charge in [0.2, 0.25) is 5.09 Å². The van der Waals surface area contributed by atoms with Crippen molar-refractivity contribution in [1.82, 2.24) is 4.31 Å². The summed E-state index contributed by atoms with van der Waals surface area (Å²) in [5.41, 5.74) is -0.737. The van der Waals surface area contributed by atoms with Crippen molar-refractivity contribution in [2.45, 2.75) is 11.3 Å². The molecule has 0 spiro atoms. The number of carbonyl (C=O) groups excluding carboxylic acids is 1. The molecule has 7 nitrogen and oxygen atoms in total. The molecule has 1 N–H and O–H groups in total. The lowest BCUT2D eigenvalue weighted by molar-refractivity contribution is -0.137. The van der Waals surface area contributed by atoms with Gasteiger partial charge in [0.1, 0.15) is 0 Å². The highest BCUT2D eigenvalue weighted by molar-refractivity contribution is 7.89. The third-order valence-electron chi connectivity index (χ3n) is 3.84. The van der Waals surface area contributed by atoms with Crippen LogP contribution in [0.25, 0.3) is 0 Å². The van der Waals surface area contributed by atoms with E-state index < -0.39 is 27.7 Å². The number of hydrogen-bond acceptors (Lipinski definition) is 5. The van der Waals surface area contributed by atoms with Crippen LogP contribution in [-0.4, -0.2) is 44.9 Å². The van der Waals surface area contributed by atoms with E-state index in [1.165, 1.54) is 10.4 Å². The first-order chi connectivity index (χ1) is 12.7. The van der Waals surface area contributed by atoms with Gasteiger partial charge in [-0.2, -0.15) is 17.5 Å². The van der Waals surface area contributed by atoms with Gasteiger partial charge in [0.25, 0.3) is 15.9 Å². The fraction of sp³-hybridized carbons (Fsp3) is 0.312. The Morgan fingerprint density at radius 2 is 1.67 bits per heavy atom. The molecule has 0 unspecified atom stereocenters. The lowest BCUT2D eigenvalue weighted by atomic mass is 10.2. The molecule has 0 bridgehead atoms. The van der Waals surface area contributed by atoms with Crippen LogP contribution in [0.15, 0.2) is 45.9 Å². The minimum Gasteiger partial charge on any atom is -0.438 e. The largest absolute Gasteiger partial charge is 0.438 e. The summed E-state index contributed by atoms with van der Waals surface area (Å²) in [5.74, 6) is -1.06. The zero-order valence-corrected chi connectivity index (χ0v) is 14.6. The summed E-state index contributed by atoms with van der Waals surface area (Å²) in [5, 5.41) is 1.97. The predicted molar refractivity (Wildman–Crippen MR) is 87.7 cm³/mol. The minimum absolute atomic E-state index is 0.113. The maximum atomic E-state index is 12.5. The average molecular weight is 404 g/mol. The van der Waals surface area contributed by atoms with Crippen molar-refractivity contribution >= 4 is 21.6 Å². The van der Waals surface area contributed by atoms with Gasteiger partial charge in [0.15, 0.2) is 5.76 Å². The monoisotopic (exact) mass is 404 g/mol. The molecule has 0 atom stereocenters. The van der Waals surface area contributed by atoms with E-state index in [1.54, 1.807) is 0 Å². The van der Waals surface area contributed by atoms with Crippen molar-refractivity contribution in [1.29, 1.82) is 0 Å². The highest BCUT2D eigenvalue weighted by atomic mass is 32.2. The second-order valence-electron chi connectivity index (χ2n) is 5.66. The lowest BCUT2D eigenvalue weighted by Crippen LogP contribution is -2.40. The van der Waals surface area contributed by atoms with E-state index in [-0.39, 0.29) is 42.8 Å². The molecule has 1 aromatic heterocycles. The predicted octanol–water partition coefficient (Wildman–Crippen LogP) is 2.57. The molecule has 11 heteroatoms. The summed E-state index contributed by atoms with van der Waals surface area (Å²) in [6, 6.07) is 6.18. The van der Waals surface area contributed by atoms with E-state index in [0.717, 1.165) is 30.3 Å². The summed E-state index contributed by atoms with van der Waals surface area (Å²) >= 11 is 0. The van der Waals surface area contributed by atoms with E-state index in [4.69, 9.17) is 9.15 Å². The number of ether oxygens (including phenoxy) is 1. The normalized spacial score (nSPS) is 16.3. The SMILES string of the molecule is O=C(Nc1ccc(C(F)(F)F)cc1)c1ccc(S(=O)(=O)N2CCOCC2)o1. The van der Waals surface area contributed by atoms with E-state index in [0.29, 0.717) is 0 Å². The number of sulfonamides is 1. The molecule has 2 aromatic rings. The van der Waals surface area contributed by atoms with Gasteiger partial charge in [-0.25, -0.2) is 8.42 Å². The van der Waals surface area contributed by atoms with E-state index in [2.05, 4.69) is 5.32 Å². The number of rotatable bonds is 4. The van der Waals surface area contributed by atoms with Gasteiger partial charge >= 0.3 is 6.18 Å².